The van der Waals surface area contributed by atoms with Crippen LogP contribution < -0.4 is 10.2 Å². The van der Waals surface area contributed by atoms with Crippen LogP contribution in [0.1, 0.15) is 37.7 Å². The smallest absolute Gasteiger partial charge is 0.237 e. The van der Waals surface area contributed by atoms with Crippen LogP contribution in [0.2, 0.25) is 0 Å². The lowest BCUT2D eigenvalue weighted by Gasteiger charge is -2.33. The number of carbonyl (C=O) groups excluding carboxylic acids is 1. The van der Waals surface area contributed by atoms with Crippen LogP contribution in [0.15, 0.2) is 18.3 Å². The monoisotopic (exact) mass is 326 g/mol. The second-order valence-electron chi connectivity index (χ2n) is 6.62. The molecular formula is C19H26N4O. The van der Waals surface area contributed by atoms with Gasteiger partial charge < -0.3 is 10.2 Å². The molecule has 3 rings (SSSR count). The predicted octanol–water partition coefficient (Wildman–Crippen LogP) is 1.79. The zero-order valence-electron chi connectivity index (χ0n) is 14.2. The van der Waals surface area contributed by atoms with Gasteiger partial charge in [0, 0.05) is 25.8 Å². The number of amides is 1. The van der Waals surface area contributed by atoms with Gasteiger partial charge in [-0.3, -0.25) is 9.69 Å². The molecule has 0 aliphatic carbocycles. The molecule has 2 aliphatic heterocycles. The normalized spacial score (nSPS) is 21.5. The summed E-state index contributed by atoms with van der Waals surface area (Å²) in [5.74, 6) is 3.77. The van der Waals surface area contributed by atoms with Gasteiger partial charge >= 0.3 is 0 Å². The summed E-state index contributed by atoms with van der Waals surface area (Å²) < 4.78 is 0. The highest BCUT2D eigenvalue weighted by atomic mass is 16.2. The molecule has 5 nitrogen and oxygen atoms in total. The fraction of sp³-hybridized carbons (Fsp3) is 0.579. The molecule has 2 fully saturated rings. The molecule has 1 amide bonds. The largest absolute Gasteiger partial charge is 0.357 e. The average Bonchev–Trinajstić information content (AvgIpc) is 3.15. The van der Waals surface area contributed by atoms with Gasteiger partial charge in [0.05, 0.1) is 12.6 Å². The first-order valence-electron chi connectivity index (χ1n) is 8.93. The molecule has 1 N–H and O–H groups in total. The Hall–Kier alpha value is -2.06. The number of anilines is 1. The Labute approximate surface area is 144 Å². The van der Waals surface area contributed by atoms with Gasteiger partial charge in [-0.1, -0.05) is 12.3 Å². The van der Waals surface area contributed by atoms with Crippen LogP contribution in [0.25, 0.3) is 0 Å². The number of terminal acetylenes is 1. The lowest BCUT2D eigenvalue weighted by Crippen LogP contribution is -2.49. The van der Waals surface area contributed by atoms with Gasteiger partial charge in [0.15, 0.2) is 0 Å². The summed E-state index contributed by atoms with van der Waals surface area (Å²) in [7, 11) is 0. The minimum atomic E-state index is -0.0883. The van der Waals surface area contributed by atoms with E-state index in [1.165, 1.54) is 12.8 Å². The fourth-order valence-electron chi connectivity index (χ4n) is 3.59. The summed E-state index contributed by atoms with van der Waals surface area (Å²) in [6, 6.07) is 3.97. The first-order chi connectivity index (χ1) is 11.8. The fourth-order valence-corrected chi connectivity index (χ4v) is 3.59. The maximum absolute atomic E-state index is 12.6. The summed E-state index contributed by atoms with van der Waals surface area (Å²) in [4.78, 5) is 21.4. The lowest BCUT2D eigenvalue weighted by atomic mass is 10.0. The number of piperidine rings is 1. The zero-order valence-corrected chi connectivity index (χ0v) is 14.2. The average molecular weight is 326 g/mol. The number of hydrogen-bond donors (Lipinski definition) is 1. The van der Waals surface area contributed by atoms with Gasteiger partial charge in [-0.2, -0.15) is 0 Å². The van der Waals surface area contributed by atoms with Crippen molar-refractivity contribution in [3.05, 3.63) is 23.9 Å². The van der Waals surface area contributed by atoms with E-state index < -0.39 is 0 Å². The highest BCUT2D eigenvalue weighted by molar-refractivity contribution is 5.81. The van der Waals surface area contributed by atoms with Crippen LogP contribution in [-0.2, 0) is 11.3 Å². The molecular weight excluding hydrogens is 300 g/mol. The number of rotatable bonds is 5. The summed E-state index contributed by atoms with van der Waals surface area (Å²) in [6.45, 7) is 4.16. The standard InChI is InChI=1S/C19H26N4O/c1-2-10-22-11-4-3-7-17(22)19(24)21-15-16-8-9-20-18(14-16)23-12-5-6-13-23/h1,8-9,14,17H,3-7,10-13,15H2,(H,21,24). The third-order valence-corrected chi connectivity index (χ3v) is 4.92. The molecule has 2 saturated heterocycles. The molecule has 1 aromatic heterocycles. The van der Waals surface area contributed by atoms with Crippen molar-refractivity contribution in [2.75, 3.05) is 31.1 Å². The second kappa shape index (κ2) is 8.16. The van der Waals surface area contributed by atoms with Crippen molar-refractivity contribution in [3.63, 3.8) is 0 Å². The minimum Gasteiger partial charge on any atom is -0.357 e. The Kier molecular flexibility index (Phi) is 5.71. The van der Waals surface area contributed by atoms with Gasteiger partial charge in [0.1, 0.15) is 5.82 Å². The predicted molar refractivity (Wildman–Crippen MR) is 95.6 cm³/mol. The van der Waals surface area contributed by atoms with Crippen molar-refractivity contribution in [1.82, 2.24) is 15.2 Å². The van der Waals surface area contributed by atoms with Crippen molar-refractivity contribution >= 4 is 11.7 Å². The number of aromatic nitrogens is 1. The van der Waals surface area contributed by atoms with E-state index >= 15 is 0 Å². The number of nitrogens with one attached hydrogen (secondary N) is 1. The first kappa shape index (κ1) is 16.8. The van der Waals surface area contributed by atoms with Crippen molar-refractivity contribution in [2.45, 2.75) is 44.7 Å². The van der Waals surface area contributed by atoms with E-state index in [9.17, 15) is 4.79 Å². The SMILES string of the molecule is C#CCN1CCCCC1C(=O)NCc1ccnc(N2CCCC2)c1. The third-order valence-electron chi connectivity index (χ3n) is 4.92. The summed E-state index contributed by atoms with van der Waals surface area (Å²) in [6.07, 6.45) is 12.8. The number of nitrogens with zero attached hydrogens (tertiary/aromatic N) is 3. The van der Waals surface area contributed by atoms with Gasteiger partial charge in [0.25, 0.3) is 0 Å². The van der Waals surface area contributed by atoms with E-state index in [2.05, 4.69) is 32.1 Å². The molecule has 0 radical (unpaired) electrons. The molecule has 0 spiro atoms. The molecule has 0 bridgehead atoms. The van der Waals surface area contributed by atoms with Crippen LogP contribution in [0.4, 0.5) is 5.82 Å². The lowest BCUT2D eigenvalue weighted by molar-refractivity contribution is -0.127. The van der Waals surface area contributed by atoms with Crippen LogP contribution >= 0.6 is 0 Å². The summed E-state index contributed by atoms with van der Waals surface area (Å²) in [5, 5.41) is 3.08. The van der Waals surface area contributed by atoms with Gasteiger partial charge in [-0.05, 0) is 49.9 Å². The van der Waals surface area contributed by atoms with Gasteiger partial charge in [0.2, 0.25) is 5.91 Å². The second-order valence-corrected chi connectivity index (χ2v) is 6.62. The quantitative estimate of drug-likeness (QED) is 0.838. The van der Waals surface area contributed by atoms with Crippen LogP contribution in [0.5, 0.6) is 0 Å². The molecule has 1 unspecified atom stereocenters. The molecule has 0 aromatic carbocycles. The van der Waals surface area contributed by atoms with Crippen molar-refractivity contribution in [1.29, 1.82) is 0 Å². The Morgan fingerprint density at radius 2 is 2.08 bits per heavy atom. The molecule has 0 saturated carbocycles. The zero-order chi connectivity index (χ0) is 16.8. The van der Waals surface area contributed by atoms with Crippen LogP contribution in [0.3, 0.4) is 0 Å². The van der Waals surface area contributed by atoms with E-state index in [-0.39, 0.29) is 11.9 Å². The van der Waals surface area contributed by atoms with E-state index in [0.717, 1.165) is 50.3 Å². The Morgan fingerprint density at radius 1 is 1.29 bits per heavy atom. The number of likely N-dealkylation sites (tertiary alicyclic amines) is 1. The highest BCUT2D eigenvalue weighted by Gasteiger charge is 2.27. The Morgan fingerprint density at radius 3 is 2.88 bits per heavy atom. The van der Waals surface area contributed by atoms with Crippen molar-refractivity contribution in [3.8, 4) is 12.3 Å². The van der Waals surface area contributed by atoms with E-state index in [1.54, 1.807) is 0 Å². The molecule has 1 aromatic rings. The molecule has 128 valence electrons. The number of hydrogen-bond acceptors (Lipinski definition) is 4. The summed E-state index contributed by atoms with van der Waals surface area (Å²) >= 11 is 0. The molecule has 2 aliphatic rings. The summed E-state index contributed by atoms with van der Waals surface area (Å²) in [5.41, 5.74) is 1.10. The number of pyridine rings is 1. The van der Waals surface area contributed by atoms with Crippen molar-refractivity contribution < 1.29 is 4.79 Å². The van der Waals surface area contributed by atoms with E-state index in [1.807, 2.05) is 12.3 Å². The van der Waals surface area contributed by atoms with Gasteiger partial charge in [-0.25, -0.2) is 4.98 Å². The third kappa shape index (κ3) is 4.07. The molecule has 3 heterocycles. The van der Waals surface area contributed by atoms with Crippen molar-refractivity contribution in [2.24, 2.45) is 0 Å². The molecule has 24 heavy (non-hydrogen) atoms. The Balaban J connectivity index is 1.57. The Bertz CT molecular complexity index is 604. The first-order valence-corrected chi connectivity index (χ1v) is 8.93. The maximum atomic E-state index is 12.6. The minimum absolute atomic E-state index is 0.0875. The van der Waals surface area contributed by atoms with Crippen LogP contribution in [0, 0.1) is 12.3 Å². The van der Waals surface area contributed by atoms with E-state index in [0.29, 0.717) is 13.1 Å². The molecule has 5 heteroatoms. The topological polar surface area (TPSA) is 48.5 Å². The van der Waals surface area contributed by atoms with Gasteiger partial charge in [-0.15, -0.1) is 6.42 Å². The number of carbonyl (C=O) groups is 1. The van der Waals surface area contributed by atoms with Crippen LogP contribution in [-0.4, -0.2) is 48.0 Å². The maximum Gasteiger partial charge on any atom is 0.237 e. The van der Waals surface area contributed by atoms with E-state index in [4.69, 9.17) is 6.42 Å². The highest BCUT2D eigenvalue weighted by Crippen LogP contribution is 2.19. The molecule has 1 atom stereocenters.